The van der Waals surface area contributed by atoms with Gasteiger partial charge < -0.3 is 9.80 Å². The standard InChI is InChI=1S/C44H36N2/c1-33-16-25-41(26-17-33)46(44-15-9-6-10-34(44)2)42-29-22-36(23-30-42)19-18-35-20-27-40(28-21-35)45(39-13-4-3-5-14-39)43-31-24-37-11-7-8-12-38(37)32-43/h3-32H,1-2H3. The van der Waals surface area contributed by atoms with Gasteiger partial charge in [-0.15, -0.1) is 0 Å². The van der Waals surface area contributed by atoms with E-state index in [1.54, 1.807) is 0 Å². The average Bonchev–Trinajstić information content (AvgIpc) is 3.11. The average molecular weight is 593 g/mol. The van der Waals surface area contributed by atoms with Crippen molar-refractivity contribution in [3.05, 3.63) is 192 Å². The number of para-hydroxylation sites is 2. The molecule has 2 nitrogen and oxygen atoms in total. The maximum atomic E-state index is 2.33. The van der Waals surface area contributed by atoms with E-state index in [0.717, 1.165) is 39.6 Å². The van der Waals surface area contributed by atoms with Crippen LogP contribution in [-0.4, -0.2) is 0 Å². The smallest absolute Gasteiger partial charge is 0.0490 e. The van der Waals surface area contributed by atoms with E-state index >= 15 is 0 Å². The molecule has 0 amide bonds. The van der Waals surface area contributed by atoms with Crippen LogP contribution in [-0.2, 0) is 0 Å². The van der Waals surface area contributed by atoms with Gasteiger partial charge >= 0.3 is 0 Å². The Bertz CT molecular complexity index is 2090. The fourth-order valence-electron chi connectivity index (χ4n) is 5.94. The monoisotopic (exact) mass is 592 g/mol. The van der Waals surface area contributed by atoms with Crippen molar-refractivity contribution in [2.75, 3.05) is 9.80 Å². The Morgan fingerprint density at radius 2 is 0.848 bits per heavy atom. The highest BCUT2D eigenvalue weighted by Gasteiger charge is 2.15. The number of fused-ring (bicyclic) bond motifs is 1. The van der Waals surface area contributed by atoms with Crippen LogP contribution in [0.5, 0.6) is 0 Å². The van der Waals surface area contributed by atoms with E-state index < -0.39 is 0 Å². The molecular formula is C44H36N2. The van der Waals surface area contributed by atoms with Gasteiger partial charge in [0, 0.05) is 34.1 Å². The van der Waals surface area contributed by atoms with Crippen molar-refractivity contribution in [1.82, 2.24) is 0 Å². The number of rotatable bonds is 8. The van der Waals surface area contributed by atoms with E-state index in [1.807, 2.05) is 0 Å². The van der Waals surface area contributed by atoms with Gasteiger partial charge in [-0.25, -0.2) is 0 Å². The Morgan fingerprint density at radius 3 is 1.48 bits per heavy atom. The number of anilines is 6. The molecule has 0 aliphatic heterocycles. The van der Waals surface area contributed by atoms with Gasteiger partial charge in [-0.1, -0.05) is 121 Å². The first-order valence-electron chi connectivity index (χ1n) is 15.8. The number of benzene rings is 7. The lowest BCUT2D eigenvalue weighted by molar-refractivity contribution is 1.24. The molecule has 0 aromatic heterocycles. The van der Waals surface area contributed by atoms with Crippen LogP contribution in [0, 0.1) is 13.8 Å². The molecule has 46 heavy (non-hydrogen) atoms. The van der Waals surface area contributed by atoms with Crippen LogP contribution in [0.15, 0.2) is 170 Å². The van der Waals surface area contributed by atoms with E-state index in [0.29, 0.717) is 0 Å². The van der Waals surface area contributed by atoms with Gasteiger partial charge in [-0.3, -0.25) is 0 Å². The molecule has 0 saturated carbocycles. The SMILES string of the molecule is Cc1ccc(N(c2ccc(C=Cc3ccc(N(c4ccccc4)c4ccc5ccccc5c4)cc3)cc2)c2ccccc2C)cc1. The van der Waals surface area contributed by atoms with Gasteiger partial charge in [0.05, 0.1) is 0 Å². The molecular weight excluding hydrogens is 556 g/mol. The summed E-state index contributed by atoms with van der Waals surface area (Å²) in [6.07, 6.45) is 4.36. The van der Waals surface area contributed by atoms with E-state index in [4.69, 9.17) is 0 Å². The predicted octanol–water partition coefficient (Wildman–Crippen LogP) is 12.6. The first-order valence-corrected chi connectivity index (χ1v) is 15.8. The maximum absolute atomic E-state index is 2.33. The summed E-state index contributed by atoms with van der Waals surface area (Å²) in [6.45, 7) is 4.29. The normalized spacial score (nSPS) is 11.2. The second-order valence-corrected chi connectivity index (χ2v) is 11.7. The highest BCUT2D eigenvalue weighted by Crippen LogP contribution is 2.38. The maximum Gasteiger partial charge on any atom is 0.0490 e. The van der Waals surface area contributed by atoms with Crippen molar-refractivity contribution in [3.63, 3.8) is 0 Å². The molecule has 222 valence electrons. The van der Waals surface area contributed by atoms with Crippen molar-refractivity contribution in [2.24, 2.45) is 0 Å². The number of hydrogen-bond acceptors (Lipinski definition) is 2. The highest BCUT2D eigenvalue weighted by molar-refractivity contribution is 5.89. The lowest BCUT2D eigenvalue weighted by Gasteiger charge is -2.27. The summed E-state index contributed by atoms with van der Waals surface area (Å²) in [5, 5.41) is 2.47. The minimum Gasteiger partial charge on any atom is -0.310 e. The fourth-order valence-corrected chi connectivity index (χ4v) is 5.94. The van der Waals surface area contributed by atoms with Crippen LogP contribution in [0.25, 0.3) is 22.9 Å². The molecule has 0 atom stereocenters. The first kappa shape index (κ1) is 28.9. The zero-order valence-electron chi connectivity index (χ0n) is 26.2. The molecule has 7 aromatic rings. The lowest BCUT2D eigenvalue weighted by Crippen LogP contribution is -2.11. The number of hydrogen-bond donors (Lipinski definition) is 0. The predicted molar refractivity (Wildman–Crippen MR) is 198 cm³/mol. The molecule has 0 fully saturated rings. The second kappa shape index (κ2) is 13.0. The quantitative estimate of drug-likeness (QED) is 0.162. The van der Waals surface area contributed by atoms with E-state index in [9.17, 15) is 0 Å². The van der Waals surface area contributed by atoms with Gasteiger partial charge in [0.1, 0.15) is 0 Å². The Kier molecular flexibility index (Phi) is 8.17. The fraction of sp³-hybridized carbons (Fsp3) is 0.0455. The molecule has 0 bridgehead atoms. The third kappa shape index (κ3) is 6.20. The van der Waals surface area contributed by atoms with E-state index in [2.05, 4.69) is 206 Å². The molecule has 7 rings (SSSR count). The van der Waals surface area contributed by atoms with Crippen LogP contribution in [0.3, 0.4) is 0 Å². The van der Waals surface area contributed by atoms with Crippen LogP contribution in [0.1, 0.15) is 22.3 Å². The molecule has 0 unspecified atom stereocenters. The molecule has 0 spiro atoms. The van der Waals surface area contributed by atoms with Crippen molar-refractivity contribution in [3.8, 4) is 0 Å². The summed E-state index contributed by atoms with van der Waals surface area (Å²) in [5.74, 6) is 0. The van der Waals surface area contributed by atoms with Gasteiger partial charge in [-0.05, 0) is 108 Å². The van der Waals surface area contributed by atoms with Crippen LogP contribution < -0.4 is 9.80 Å². The van der Waals surface area contributed by atoms with E-state index in [-0.39, 0.29) is 0 Å². The van der Waals surface area contributed by atoms with E-state index in [1.165, 1.54) is 27.6 Å². The zero-order valence-corrected chi connectivity index (χ0v) is 26.2. The molecule has 0 radical (unpaired) electrons. The van der Waals surface area contributed by atoms with Crippen LogP contribution >= 0.6 is 0 Å². The van der Waals surface area contributed by atoms with Crippen LogP contribution in [0.4, 0.5) is 34.1 Å². The Balaban J connectivity index is 1.14. The van der Waals surface area contributed by atoms with Crippen molar-refractivity contribution < 1.29 is 0 Å². The molecule has 2 heteroatoms. The summed E-state index contributed by atoms with van der Waals surface area (Å²) in [7, 11) is 0. The summed E-state index contributed by atoms with van der Waals surface area (Å²) in [6, 6.07) is 60.6. The summed E-state index contributed by atoms with van der Waals surface area (Å²) in [5.41, 5.74) is 11.7. The molecule has 0 aliphatic carbocycles. The van der Waals surface area contributed by atoms with Gasteiger partial charge in [0.25, 0.3) is 0 Å². The minimum atomic E-state index is 1.12. The molecule has 7 aromatic carbocycles. The molecule has 0 heterocycles. The Morgan fingerprint density at radius 1 is 0.370 bits per heavy atom. The highest BCUT2D eigenvalue weighted by atomic mass is 15.1. The largest absolute Gasteiger partial charge is 0.310 e. The lowest BCUT2D eigenvalue weighted by atomic mass is 10.1. The number of nitrogens with zero attached hydrogens (tertiary/aromatic N) is 2. The second-order valence-electron chi connectivity index (χ2n) is 11.7. The topological polar surface area (TPSA) is 6.48 Å². The van der Waals surface area contributed by atoms with Gasteiger partial charge in [-0.2, -0.15) is 0 Å². The molecule has 0 N–H and O–H groups in total. The Hall–Kier alpha value is -5.86. The summed E-state index contributed by atoms with van der Waals surface area (Å²) in [4.78, 5) is 4.64. The zero-order chi connectivity index (χ0) is 31.3. The number of aryl methyl sites for hydroxylation is 2. The van der Waals surface area contributed by atoms with Crippen LogP contribution in [0.2, 0.25) is 0 Å². The van der Waals surface area contributed by atoms with Gasteiger partial charge in [0.2, 0.25) is 0 Å². The third-order valence-electron chi connectivity index (χ3n) is 8.42. The summed E-state index contributed by atoms with van der Waals surface area (Å²) >= 11 is 0. The Labute approximate surface area is 272 Å². The summed E-state index contributed by atoms with van der Waals surface area (Å²) < 4.78 is 0. The molecule has 0 saturated heterocycles. The van der Waals surface area contributed by atoms with Gasteiger partial charge in [0.15, 0.2) is 0 Å². The minimum absolute atomic E-state index is 1.12. The van der Waals surface area contributed by atoms with Crippen molar-refractivity contribution >= 4 is 57.0 Å². The third-order valence-corrected chi connectivity index (χ3v) is 8.42. The van der Waals surface area contributed by atoms with Crippen molar-refractivity contribution in [2.45, 2.75) is 13.8 Å². The van der Waals surface area contributed by atoms with Crippen molar-refractivity contribution in [1.29, 1.82) is 0 Å². The first-order chi connectivity index (χ1) is 22.6. The molecule has 0 aliphatic rings.